The third kappa shape index (κ3) is 3.55. The molecule has 1 aliphatic heterocycles. The van der Waals surface area contributed by atoms with Crippen LogP contribution >= 0.6 is 0 Å². The molecule has 1 aliphatic rings. The second-order valence-corrected chi connectivity index (χ2v) is 5.15. The van der Waals surface area contributed by atoms with Crippen molar-refractivity contribution in [1.29, 1.82) is 0 Å². The number of carbonyl (C=O) groups is 2. The average Bonchev–Trinajstić information content (AvgIpc) is 2.90. The number of aliphatic imine (C=N–C) groups is 1. The quantitative estimate of drug-likeness (QED) is 0.697. The number of nitrogens with zero attached hydrogens (tertiary/aromatic N) is 1. The minimum Gasteiger partial charge on any atom is -0.402 e. The summed E-state index contributed by atoms with van der Waals surface area (Å²) >= 11 is 0. The van der Waals surface area contributed by atoms with Gasteiger partial charge in [0.1, 0.15) is 5.82 Å². The third-order valence-corrected chi connectivity index (χ3v) is 3.25. The molecule has 1 amide bonds. The van der Waals surface area contributed by atoms with Gasteiger partial charge in [-0.3, -0.25) is 4.79 Å². The number of nitrogens with one attached hydrogen (secondary N) is 1. The number of ether oxygens (including phenoxy) is 1. The summed E-state index contributed by atoms with van der Waals surface area (Å²) in [5.41, 5.74) is 2.07. The first-order chi connectivity index (χ1) is 11.5. The lowest BCUT2D eigenvalue weighted by Gasteiger charge is -2.01. The molecule has 2 aromatic rings. The van der Waals surface area contributed by atoms with Crippen LogP contribution in [0.25, 0.3) is 6.08 Å². The van der Waals surface area contributed by atoms with E-state index in [1.165, 1.54) is 31.2 Å². The molecule has 24 heavy (non-hydrogen) atoms. The van der Waals surface area contributed by atoms with E-state index in [4.69, 9.17) is 4.74 Å². The van der Waals surface area contributed by atoms with Gasteiger partial charge >= 0.3 is 5.97 Å². The number of rotatable bonds is 3. The Bertz CT molecular complexity index is 853. The van der Waals surface area contributed by atoms with Crippen LogP contribution in [0, 0.1) is 5.82 Å². The van der Waals surface area contributed by atoms with Gasteiger partial charge in [0.25, 0.3) is 0 Å². The highest BCUT2D eigenvalue weighted by atomic mass is 19.1. The number of benzene rings is 2. The van der Waals surface area contributed by atoms with E-state index in [1.807, 2.05) is 0 Å². The highest BCUT2D eigenvalue weighted by Gasteiger charge is 2.24. The predicted molar refractivity (Wildman–Crippen MR) is 87.8 cm³/mol. The molecule has 6 heteroatoms. The molecular weight excluding hydrogens is 311 g/mol. The molecule has 0 saturated carbocycles. The highest BCUT2D eigenvalue weighted by Crippen LogP contribution is 2.20. The zero-order chi connectivity index (χ0) is 17.1. The third-order valence-electron chi connectivity index (χ3n) is 3.25. The van der Waals surface area contributed by atoms with Crippen LogP contribution in [0.2, 0.25) is 0 Å². The molecule has 2 aromatic carbocycles. The molecule has 0 saturated heterocycles. The zero-order valence-corrected chi connectivity index (χ0v) is 12.7. The standard InChI is InChI=1S/C18H13FN2O3/c1-11(22)20-15-8-2-12(3-9-15)10-16-18(23)24-17(21-16)13-4-6-14(19)7-5-13/h2-10H,1H3,(H,20,22). The van der Waals surface area contributed by atoms with E-state index >= 15 is 0 Å². The Labute approximate surface area is 137 Å². The number of carbonyl (C=O) groups excluding carboxylic acids is 2. The van der Waals surface area contributed by atoms with Gasteiger partial charge in [-0.1, -0.05) is 12.1 Å². The van der Waals surface area contributed by atoms with Crippen molar-refractivity contribution in [1.82, 2.24) is 0 Å². The van der Waals surface area contributed by atoms with Crippen LogP contribution in [0.3, 0.4) is 0 Å². The molecular formula is C18H13FN2O3. The van der Waals surface area contributed by atoms with Crippen molar-refractivity contribution < 1.29 is 18.7 Å². The Morgan fingerprint density at radius 2 is 1.79 bits per heavy atom. The molecule has 0 atom stereocenters. The largest absolute Gasteiger partial charge is 0.402 e. The van der Waals surface area contributed by atoms with Crippen molar-refractivity contribution in [2.45, 2.75) is 6.92 Å². The van der Waals surface area contributed by atoms with Crippen LogP contribution in [0.15, 0.2) is 59.2 Å². The normalized spacial score (nSPS) is 15.2. The fraction of sp³-hybridized carbons (Fsp3) is 0.0556. The van der Waals surface area contributed by atoms with E-state index in [-0.39, 0.29) is 23.3 Å². The Hall–Kier alpha value is -3.28. The summed E-state index contributed by atoms with van der Waals surface area (Å²) in [6, 6.07) is 12.5. The van der Waals surface area contributed by atoms with Gasteiger partial charge in [-0.2, -0.15) is 0 Å². The molecule has 0 fully saturated rings. The summed E-state index contributed by atoms with van der Waals surface area (Å²) < 4.78 is 18.1. The molecule has 5 nitrogen and oxygen atoms in total. The van der Waals surface area contributed by atoms with Gasteiger partial charge in [-0.15, -0.1) is 0 Å². The molecule has 120 valence electrons. The maximum absolute atomic E-state index is 12.9. The lowest BCUT2D eigenvalue weighted by molar-refractivity contribution is -0.129. The van der Waals surface area contributed by atoms with Gasteiger partial charge in [-0.05, 0) is 48.0 Å². The second-order valence-electron chi connectivity index (χ2n) is 5.15. The molecule has 0 radical (unpaired) electrons. The van der Waals surface area contributed by atoms with Gasteiger partial charge in [0, 0.05) is 18.2 Å². The topological polar surface area (TPSA) is 67.8 Å². The van der Waals surface area contributed by atoms with E-state index in [9.17, 15) is 14.0 Å². The van der Waals surface area contributed by atoms with E-state index in [0.29, 0.717) is 11.3 Å². The highest BCUT2D eigenvalue weighted by molar-refractivity contribution is 6.12. The Balaban J connectivity index is 1.83. The summed E-state index contributed by atoms with van der Waals surface area (Å²) in [6.07, 6.45) is 1.58. The number of hydrogen-bond acceptors (Lipinski definition) is 4. The SMILES string of the molecule is CC(=O)Nc1ccc(C=C2N=C(c3ccc(F)cc3)OC2=O)cc1. The zero-order valence-electron chi connectivity index (χ0n) is 12.7. The fourth-order valence-electron chi connectivity index (χ4n) is 2.15. The average molecular weight is 324 g/mol. The molecule has 1 heterocycles. The molecule has 3 rings (SSSR count). The number of esters is 1. The molecule has 1 N–H and O–H groups in total. The Kier molecular flexibility index (Phi) is 4.20. The van der Waals surface area contributed by atoms with Crippen molar-refractivity contribution >= 4 is 29.5 Å². The monoisotopic (exact) mass is 324 g/mol. The van der Waals surface area contributed by atoms with E-state index in [2.05, 4.69) is 10.3 Å². The van der Waals surface area contributed by atoms with Crippen molar-refractivity contribution in [3.8, 4) is 0 Å². The number of cyclic esters (lactones) is 1. The summed E-state index contributed by atoms with van der Waals surface area (Å²) in [5.74, 6) is -0.964. The molecule has 0 aromatic heterocycles. The maximum atomic E-state index is 12.9. The predicted octanol–water partition coefficient (Wildman–Crippen LogP) is 3.13. The van der Waals surface area contributed by atoms with E-state index in [0.717, 1.165) is 5.56 Å². The fourth-order valence-corrected chi connectivity index (χ4v) is 2.15. The van der Waals surface area contributed by atoms with Gasteiger partial charge < -0.3 is 10.1 Å². The molecule has 0 aliphatic carbocycles. The lowest BCUT2D eigenvalue weighted by Crippen LogP contribution is -2.05. The van der Waals surface area contributed by atoms with Gasteiger partial charge in [-0.25, -0.2) is 14.2 Å². The number of hydrogen-bond donors (Lipinski definition) is 1. The summed E-state index contributed by atoms with van der Waals surface area (Å²) in [4.78, 5) is 27.0. The van der Waals surface area contributed by atoms with Gasteiger partial charge in [0.05, 0.1) is 0 Å². The Morgan fingerprint density at radius 3 is 2.42 bits per heavy atom. The second kappa shape index (κ2) is 6.45. The van der Waals surface area contributed by atoms with Gasteiger partial charge in [0.15, 0.2) is 5.70 Å². The first-order valence-electron chi connectivity index (χ1n) is 7.17. The number of anilines is 1. The van der Waals surface area contributed by atoms with Crippen LogP contribution in [0.5, 0.6) is 0 Å². The molecule has 0 spiro atoms. The van der Waals surface area contributed by atoms with Crippen LogP contribution in [0.1, 0.15) is 18.1 Å². The first kappa shape index (κ1) is 15.6. The lowest BCUT2D eigenvalue weighted by atomic mass is 10.1. The molecule has 0 unspecified atom stereocenters. The van der Waals surface area contributed by atoms with Crippen molar-refractivity contribution in [2.75, 3.05) is 5.32 Å². The maximum Gasteiger partial charge on any atom is 0.363 e. The minimum absolute atomic E-state index is 0.140. The summed E-state index contributed by atoms with van der Waals surface area (Å²) in [6.45, 7) is 1.43. The van der Waals surface area contributed by atoms with Crippen molar-refractivity contribution in [3.63, 3.8) is 0 Å². The van der Waals surface area contributed by atoms with Crippen LogP contribution in [0.4, 0.5) is 10.1 Å². The first-order valence-corrected chi connectivity index (χ1v) is 7.17. The minimum atomic E-state index is -0.569. The number of amides is 1. The van der Waals surface area contributed by atoms with Gasteiger partial charge in [0.2, 0.25) is 11.8 Å². The van der Waals surface area contributed by atoms with Crippen LogP contribution in [-0.4, -0.2) is 17.8 Å². The summed E-state index contributed by atoms with van der Waals surface area (Å²) in [5, 5.41) is 2.66. The van der Waals surface area contributed by atoms with Crippen LogP contribution in [-0.2, 0) is 14.3 Å². The smallest absolute Gasteiger partial charge is 0.363 e. The van der Waals surface area contributed by atoms with E-state index < -0.39 is 5.97 Å². The number of halogens is 1. The van der Waals surface area contributed by atoms with Crippen molar-refractivity contribution in [2.24, 2.45) is 4.99 Å². The van der Waals surface area contributed by atoms with Crippen molar-refractivity contribution in [3.05, 3.63) is 71.2 Å². The Morgan fingerprint density at radius 1 is 1.12 bits per heavy atom. The summed E-state index contributed by atoms with van der Waals surface area (Å²) in [7, 11) is 0. The van der Waals surface area contributed by atoms with Crippen LogP contribution < -0.4 is 5.32 Å². The molecule has 0 bridgehead atoms. The van der Waals surface area contributed by atoms with E-state index in [1.54, 1.807) is 30.3 Å².